The normalized spacial score (nSPS) is 20.7. The molecule has 3 rings (SSSR count). The zero-order valence-corrected chi connectivity index (χ0v) is 13.5. The predicted octanol–water partition coefficient (Wildman–Crippen LogP) is 2.04. The van der Waals surface area contributed by atoms with E-state index < -0.39 is 0 Å². The van der Waals surface area contributed by atoms with E-state index in [2.05, 4.69) is 31.7 Å². The van der Waals surface area contributed by atoms with Crippen molar-refractivity contribution >= 4 is 22.7 Å². The Morgan fingerprint density at radius 2 is 2.04 bits per heavy atom. The van der Waals surface area contributed by atoms with Crippen LogP contribution in [0.25, 0.3) is 10.9 Å². The van der Waals surface area contributed by atoms with Gasteiger partial charge in [-0.1, -0.05) is 0 Å². The fraction of sp³-hybridized carbons (Fsp3) is 0.500. The molecule has 3 N–H and O–H groups in total. The van der Waals surface area contributed by atoms with Gasteiger partial charge in [0.15, 0.2) is 5.82 Å². The number of nitrogens with one attached hydrogen (secondary N) is 2. The SMILES string of the molecule is CC(C)(C)Nc1nc(C#N)cc2cnc(NC3CC(O)C3)nc12. The molecule has 1 aliphatic rings. The van der Waals surface area contributed by atoms with Gasteiger partial charge in [-0.3, -0.25) is 0 Å². The van der Waals surface area contributed by atoms with Gasteiger partial charge in [-0.25, -0.2) is 15.0 Å². The number of hydrogen-bond acceptors (Lipinski definition) is 7. The molecule has 1 saturated carbocycles. The van der Waals surface area contributed by atoms with Crippen LogP contribution in [0.4, 0.5) is 11.8 Å². The first kappa shape index (κ1) is 15.4. The van der Waals surface area contributed by atoms with Crippen LogP contribution >= 0.6 is 0 Å². The number of aliphatic hydroxyl groups excluding tert-OH is 1. The van der Waals surface area contributed by atoms with Crippen LogP contribution in [0.2, 0.25) is 0 Å². The molecule has 23 heavy (non-hydrogen) atoms. The van der Waals surface area contributed by atoms with E-state index in [0.29, 0.717) is 35.8 Å². The van der Waals surface area contributed by atoms with E-state index in [0.717, 1.165) is 5.39 Å². The van der Waals surface area contributed by atoms with Crippen LogP contribution in [0.3, 0.4) is 0 Å². The monoisotopic (exact) mass is 312 g/mol. The standard InChI is InChI=1S/C16H20N6O/c1-16(2,3)22-14-13-9(4-11(7-17)19-14)8-18-15(21-13)20-10-5-12(23)6-10/h4,8,10,12,23H,5-6H2,1-3H3,(H,19,22)(H,18,20,21). The van der Waals surface area contributed by atoms with Gasteiger partial charge in [-0.2, -0.15) is 5.26 Å². The number of anilines is 2. The predicted molar refractivity (Wildman–Crippen MR) is 88.1 cm³/mol. The van der Waals surface area contributed by atoms with Crippen molar-refractivity contribution in [3.05, 3.63) is 18.0 Å². The van der Waals surface area contributed by atoms with E-state index in [1.165, 1.54) is 0 Å². The molecule has 0 radical (unpaired) electrons. The number of nitrogens with zero attached hydrogens (tertiary/aromatic N) is 4. The van der Waals surface area contributed by atoms with Crippen LogP contribution in [0.15, 0.2) is 12.3 Å². The number of nitriles is 1. The number of rotatable bonds is 3. The van der Waals surface area contributed by atoms with Gasteiger partial charge in [0.1, 0.15) is 17.3 Å². The summed E-state index contributed by atoms with van der Waals surface area (Å²) in [5, 5.41) is 25.8. The maximum absolute atomic E-state index is 9.37. The smallest absolute Gasteiger partial charge is 0.223 e. The number of hydrogen-bond donors (Lipinski definition) is 3. The molecule has 0 spiro atoms. The van der Waals surface area contributed by atoms with Gasteiger partial charge in [0.25, 0.3) is 0 Å². The lowest BCUT2D eigenvalue weighted by molar-refractivity contribution is 0.0834. The fourth-order valence-electron chi connectivity index (χ4n) is 2.50. The second kappa shape index (κ2) is 5.63. The van der Waals surface area contributed by atoms with Crippen molar-refractivity contribution in [3.8, 4) is 6.07 Å². The Labute approximate surface area is 134 Å². The van der Waals surface area contributed by atoms with Crippen LogP contribution in [0, 0.1) is 11.3 Å². The highest BCUT2D eigenvalue weighted by molar-refractivity contribution is 5.89. The average molecular weight is 312 g/mol. The number of aromatic nitrogens is 3. The molecule has 0 aliphatic heterocycles. The van der Waals surface area contributed by atoms with E-state index in [9.17, 15) is 5.11 Å². The first-order valence-electron chi connectivity index (χ1n) is 7.65. The van der Waals surface area contributed by atoms with Gasteiger partial charge < -0.3 is 15.7 Å². The van der Waals surface area contributed by atoms with Gasteiger partial charge in [0.2, 0.25) is 5.95 Å². The Morgan fingerprint density at radius 3 is 2.65 bits per heavy atom. The molecule has 0 saturated heterocycles. The molecule has 0 aromatic carbocycles. The Hall–Kier alpha value is -2.46. The third kappa shape index (κ3) is 3.48. The first-order chi connectivity index (χ1) is 10.8. The molecule has 2 aromatic rings. The zero-order chi connectivity index (χ0) is 16.6. The summed E-state index contributed by atoms with van der Waals surface area (Å²) in [6, 6.07) is 3.95. The van der Waals surface area contributed by atoms with Crippen molar-refractivity contribution in [2.24, 2.45) is 0 Å². The molecule has 2 heterocycles. The number of pyridine rings is 1. The molecule has 2 aromatic heterocycles. The largest absolute Gasteiger partial charge is 0.393 e. The summed E-state index contributed by atoms with van der Waals surface area (Å²) < 4.78 is 0. The Balaban J connectivity index is 1.98. The van der Waals surface area contributed by atoms with Crippen molar-refractivity contribution in [1.29, 1.82) is 5.26 Å². The lowest BCUT2D eigenvalue weighted by atomic mass is 9.90. The molecule has 0 unspecified atom stereocenters. The van der Waals surface area contributed by atoms with Crippen LogP contribution < -0.4 is 10.6 Å². The highest BCUT2D eigenvalue weighted by atomic mass is 16.3. The van der Waals surface area contributed by atoms with E-state index in [4.69, 9.17) is 5.26 Å². The van der Waals surface area contributed by atoms with Crippen LogP contribution in [0.1, 0.15) is 39.3 Å². The van der Waals surface area contributed by atoms with Gasteiger partial charge in [0.05, 0.1) is 6.10 Å². The molecular weight excluding hydrogens is 292 g/mol. The number of fused-ring (bicyclic) bond motifs is 1. The minimum atomic E-state index is -0.231. The second-order valence-corrected chi connectivity index (χ2v) is 6.94. The molecule has 0 atom stereocenters. The van der Waals surface area contributed by atoms with Crippen molar-refractivity contribution in [2.45, 2.75) is 51.3 Å². The van der Waals surface area contributed by atoms with E-state index in [1.54, 1.807) is 12.3 Å². The summed E-state index contributed by atoms with van der Waals surface area (Å²) in [7, 11) is 0. The van der Waals surface area contributed by atoms with Gasteiger partial charge >= 0.3 is 0 Å². The van der Waals surface area contributed by atoms with Gasteiger partial charge in [-0.15, -0.1) is 0 Å². The third-order valence-electron chi connectivity index (χ3n) is 3.62. The Morgan fingerprint density at radius 1 is 1.30 bits per heavy atom. The number of aliphatic hydroxyl groups is 1. The van der Waals surface area contributed by atoms with Crippen LogP contribution in [-0.4, -0.2) is 37.7 Å². The maximum atomic E-state index is 9.37. The average Bonchev–Trinajstić information content (AvgIpc) is 2.44. The Kier molecular flexibility index (Phi) is 3.78. The summed E-state index contributed by atoms with van der Waals surface area (Å²) in [5.41, 5.74) is 0.803. The van der Waals surface area contributed by atoms with Crippen molar-refractivity contribution in [2.75, 3.05) is 10.6 Å². The van der Waals surface area contributed by atoms with Gasteiger partial charge in [0, 0.05) is 23.2 Å². The maximum Gasteiger partial charge on any atom is 0.223 e. The van der Waals surface area contributed by atoms with Gasteiger partial charge in [-0.05, 0) is 39.7 Å². The van der Waals surface area contributed by atoms with Crippen LogP contribution in [0.5, 0.6) is 0 Å². The van der Waals surface area contributed by atoms with Crippen molar-refractivity contribution < 1.29 is 5.11 Å². The van der Waals surface area contributed by atoms with E-state index >= 15 is 0 Å². The summed E-state index contributed by atoms with van der Waals surface area (Å²) >= 11 is 0. The van der Waals surface area contributed by atoms with Crippen molar-refractivity contribution in [1.82, 2.24) is 15.0 Å². The highest BCUT2D eigenvalue weighted by Crippen LogP contribution is 2.26. The highest BCUT2D eigenvalue weighted by Gasteiger charge is 2.27. The summed E-state index contributed by atoms with van der Waals surface area (Å²) in [5.74, 6) is 1.09. The van der Waals surface area contributed by atoms with E-state index in [1.807, 2.05) is 20.8 Å². The van der Waals surface area contributed by atoms with Crippen molar-refractivity contribution in [3.63, 3.8) is 0 Å². The summed E-state index contributed by atoms with van der Waals surface area (Å²) in [6.07, 6.45) is 2.88. The minimum absolute atomic E-state index is 0.202. The molecule has 0 amide bonds. The first-order valence-corrected chi connectivity index (χ1v) is 7.65. The molecule has 0 bridgehead atoms. The third-order valence-corrected chi connectivity index (χ3v) is 3.62. The molecular formula is C16H20N6O. The Bertz CT molecular complexity index is 770. The lowest BCUT2D eigenvalue weighted by Gasteiger charge is -2.31. The fourth-order valence-corrected chi connectivity index (χ4v) is 2.50. The van der Waals surface area contributed by atoms with Crippen LogP contribution in [-0.2, 0) is 0 Å². The lowest BCUT2D eigenvalue weighted by Crippen LogP contribution is -2.39. The molecule has 1 fully saturated rings. The van der Waals surface area contributed by atoms with E-state index in [-0.39, 0.29) is 17.7 Å². The summed E-state index contributed by atoms with van der Waals surface area (Å²) in [4.78, 5) is 13.2. The second-order valence-electron chi connectivity index (χ2n) is 6.94. The molecule has 1 aliphatic carbocycles. The zero-order valence-electron chi connectivity index (χ0n) is 13.5. The quantitative estimate of drug-likeness (QED) is 0.796. The summed E-state index contributed by atoms with van der Waals surface area (Å²) in [6.45, 7) is 6.07. The minimum Gasteiger partial charge on any atom is -0.393 e. The molecule has 7 heteroatoms. The topological polar surface area (TPSA) is 107 Å². The molecule has 120 valence electrons. The molecule has 7 nitrogen and oxygen atoms in total.